The Balaban J connectivity index is 2.14. The monoisotopic (exact) mass is 252 g/mol. The summed E-state index contributed by atoms with van der Waals surface area (Å²) >= 11 is 7.05. The summed E-state index contributed by atoms with van der Waals surface area (Å²) in [5, 5.41) is 4.32. The van der Waals surface area contributed by atoms with Crippen LogP contribution in [-0.2, 0) is 13.0 Å². The zero-order valence-corrected chi connectivity index (χ0v) is 11.2. The van der Waals surface area contributed by atoms with E-state index >= 15 is 0 Å². The minimum atomic E-state index is 0.510. The molecule has 1 N–H and O–H groups in total. The van der Waals surface area contributed by atoms with E-state index in [0.29, 0.717) is 5.92 Å². The first-order valence-electron chi connectivity index (χ1n) is 5.47. The highest BCUT2D eigenvalue weighted by Gasteiger charge is 2.07. The summed E-state index contributed by atoms with van der Waals surface area (Å²) in [6, 6.07) is 2.18. The number of thiophene rings is 1. The zero-order chi connectivity index (χ0) is 11.5. The molecular weight excluding hydrogens is 236 g/mol. The first kappa shape index (κ1) is 11.6. The fraction of sp³-hybridized carbons (Fsp3) is 0.417. The molecule has 2 aromatic rings. The molecule has 0 saturated heterocycles. The van der Waals surface area contributed by atoms with Gasteiger partial charge in [-0.3, -0.25) is 0 Å². The van der Waals surface area contributed by atoms with Crippen molar-refractivity contribution in [3.05, 3.63) is 39.1 Å². The molecule has 0 saturated carbocycles. The van der Waals surface area contributed by atoms with Gasteiger partial charge < -0.3 is 9.55 Å². The van der Waals surface area contributed by atoms with Crippen molar-refractivity contribution in [2.45, 2.75) is 32.7 Å². The molecule has 0 aliphatic rings. The molecule has 0 radical (unpaired) electrons. The molecule has 0 unspecified atom stereocenters. The van der Waals surface area contributed by atoms with Crippen LogP contribution in [0, 0.1) is 4.77 Å². The molecule has 16 heavy (non-hydrogen) atoms. The Kier molecular flexibility index (Phi) is 3.61. The summed E-state index contributed by atoms with van der Waals surface area (Å²) in [6.45, 7) is 5.35. The van der Waals surface area contributed by atoms with Gasteiger partial charge in [-0.05, 0) is 46.9 Å². The molecule has 4 heteroatoms. The normalized spacial score (nSPS) is 11.2. The third kappa shape index (κ3) is 2.44. The highest BCUT2D eigenvalue weighted by atomic mass is 32.1. The highest BCUT2D eigenvalue weighted by molar-refractivity contribution is 7.71. The lowest BCUT2D eigenvalue weighted by Gasteiger charge is -2.10. The van der Waals surface area contributed by atoms with E-state index in [2.05, 4.69) is 40.2 Å². The van der Waals surface area contributed by atoms with Gasteiger partial charge in [-0.2, -0.15) is 11.3 Å². The third-order valence-corrected chi connectivity index (χ3v) is 3.77. The molecule has 0 atom stereocenters. The van der Waals surface area contributed by atoms with E-state index in [0.717, 1.165) is 17.7 Å². The number of aromatic nitrogens is 2. The second-order valence-electron chi connectivity index (χ2n) is 4.21. The van der Waals surface area contributed by atoms with Crippen molar-refractivity contribution < 1.29 is 0 Å². The number of H-pyrrole nitrogens is 1. The van der Waals surface area contributed by atoms with Gasteiger partial charge in [0, 0.05) is 18.4 Å². The average molecular weight is 252 g/mol. The zero-order valence-electron chi connectivity index (χ0n) is 9.56. The molecule has 2 nitrogen and oxygen atoms in total. The van der Waals surface area contributed by atoms with Gasteiger partial charge in [-0.1, -0.05) is 13.8 Å². The van der Waals surface area contributed by atoms with Gasteiger partial charge >= 0.3 is 0 Å². The Morgan fingerprint density at radius 3 is 2.94 bits per heavy atom. The SMILES string of the molecule is CC(C)c1c[nH]c(=S)n1CCc1ccsc1. The lowest BCUT2D eigenvalue weighted by atomic mass is 10.1. The van der Waals surface area contributed by atoms with E-state index in [-0.39, 0.29) is 0 Å². The molecule has 0 aliphatic heterocycles. The lowest BCUT2D eigenvalue weighted by Crippen LogP contribution is -2.06. The average Bonchev–Trinajstić information content (AvgIpc) is 2.84. The van der Waals surface area contributed by atoms with Crippen LogP contribution in [0.1, 0.15) is 31.0 Å². The van der Waals surface area contributed by atoms with Crippen LogP contribution in [0.4, 0.5) is 0 Å². The van der Waals surface area contributed by atoms with Crippen molar-refractivity contribution >= 4 is 23.6 Å². The van der Waals surface area contributed by atoms with E-state index in [9.17, 15) is 0 Å². The maximum atomic E-state index is 5.30. The molecule has 2 aromatic heterocycles. The Bertz CT molecular complexity index is 491. The predicted molar refractivity (Wildman–Crippen MR) is 71.7 cm³/mol. The van der Waals surface area contributed by atoms with Gasteiger partial charge in [0.2, 0.25) is 0 Å². The van der Waals surface area contributed by atoms with Gasteiger partial charge in [0.1, 0.15) is 0 Å². The van der Waals surface area contributed by atoms with Crippen molar-refractivity contribution in [3.63, 3.8) is 0 Å². The van der Waals surface area contributed by atoms with Crippen molar-refractivity contribution in [3.8, 4) is 0 Å². The van der Waals surface area contributed by atoms with E-state index < -0.39 is 0 Å². The standard InChI is InChI=1S/C12H16N2S2/c1-9(2)11-7-13-12(15)14(11)5-3-10-4-6-16-8-10/h4,6-9H,3,5H2,1-2H3,(H,13,15). The second kappa shape index (κ2) is 4.97. The number of hydrogen-bond donors (Lipinski definition) is 1. The minimum absolute atomic E-state index is 0.510. The fourth-order valence-corrected chi connectivity index (χ4v) is 2.75. The van der Waals surface area contributed by atoms with Crippen molar-refractivity contribution in [1.82, 2.24) is 9.55 Å². The first-order chi connectivity index (χ1) is 7.68. The van der Waals surface area contributed by atoms with E-state index in [1.807, 2.05) is 6.20 Å². The summed E-state index contributed by atoms with van der Waals surface area (Å²) in [4.78, 5) is 3.13. The van der Waals surface area contributed by atoms with E-state index in [1.54, 1.807) is 11.3 Å². The highest BCUT2D eigenvalue weighted by Crippen LogP contribution is 2.16. The second-order valence-corrected chi connectivity index (χ2v) is 5.37. The van der Waals surface area contributed by atoms with Crippen LogP contribution in [0.3, 0.4) is 0 Å². The van der Waals surface area contributed by atoms with E-state index in [4.69, 9.17) is 12.2 Å². The quantitative estimate of drug-likeness (QED) is 0.816. The number of imidazole rings is 1. The summed E-state index contributed by atoms with van der Waals surface area (Å²) in [5.74, 6) is 0.510. The molecule has 2 rings (SSSR count). The first-order valence-corrected chi connectivity index (χ1v) is 6.82. The van der Waals surface area contributed by atoms with Crippen LogP contribution in [0.25, 0.3) is 0 Å². The van der Waals surface area contributed by atoms with Crippen LogP contribution in [0.5, 0.6) is 0 Å². The van der Waals surface area contributed by atoms with Crippen LogP contribution in [0.2, 0.25) is 0 Å². The van der Waals surface area contributed by atoms with Crippen LogP contribution < -0.4 is 0 Å². The smallest absolute Gasteiger partial charge is 0.177 e. The number of aryl methyl sites for hydroxylation is 1. The van der Waals surface area contributed by atoms with Gasteiger partial charge in [0.25, 0.3) is 0 Å². The predicted octanol–water partition coefficient (Wildman–Crippen LogP) is 3.97. The number of nitrogens with one attached hydrogen (secondary N) is 1. The third-order valence-electron chi connectivity index (χ3n) is 2.70. The van der Waals surface area contributed by atoms with Crippen molar-refractivity contribution in [2.24, 2.45) is 0 Å². The van der Waals surface area contributed by atoms with Gasteiger partial charge in [-0.25, -0.2) is 0 Å². The molecular formula is C12H16N2S2. The largest absolute Gasteiger partial charge is 0.337 e. The Morgan fingerprint density at radius 1 is 1.50 bits per heavy atom. The number of nitrogens with zero attached hydrogens (tertiary/aromatic N) is 1. The van der Waals surface area contributed by atoms with Gasteiger partial charge in [0.15, 0.2) is 4.77 Å². The Morgan fingerprint density at radius 2 is 2.31 bits per heavy atom. The number of rotatable bonds is 4. The van der Waals surface area contributed by atoms with Gasteiger partial charge in [-0.15, -0.1) is 0 Å². The lowest BCUT2D eigenvalue weighted by molar-refractivity contribution is 0.627. The summed E-state index contributed by atoms with van der Waals surface area (Å²) in [7, 11) is 0. The maximum Gasteiger partial charge on any atom is 0.177 e. The van der Waals surface area contributed by atoms with Crippen molar-refractivity contribution in [1.29, 1.82) is 0 Å². The summed E-state index contributed by atoms with van der Waals surface area (Å²) in [5.41, 5.74) is 2.68. The summed E-state index contributed by atoms with van der Waals surface area (Å²) < 4.78 is 3.04. The van der Waals surface area contributed by atoms with Crippen LogP contribution >= 0.6 is 23.6 Å². The summed E-state index contributed by atoms with van der Waals surface area (Å²) in [6.07, 6.45) is 3.08. The molecule has 86 valence electrons. The Hall–Kier alpha value is -0.870. The van der Waals surface area contributed by atoms with E-state index in [1.165, 1.54) is 11.3 Å². The van der Waals surface area contributed by atoms with Crippen molar-refractivity contribution in [2.75, 3.05) is 0 Å². The molecule has 0 amide bonds. The molecule has 0 aliphatic carbocycles. The maximum absolute atomic E-state index is 5.30. The fourth-order valence-electron chi connectivity index (χ4n) is 1.79. The minimum Gasteiger partial charge on any atom is -0.337 e. The number of aromatic amines is 1. The van der Waals surface area contributed by atoms with Crippen LogP contribution in [0.15, 0.2) is 23.0 Å². The number of hydrogen-bond acceptors (Lipinski definition) is 2. The molecule has 0 bridgehead atoms. The molecule has 0 spiro atoms. The molecule has 0 fully saturated rings. The molecule has 2 heterocycles. The van der Waals surface area contributed by atoms with Crippen LogP contribution in [-0.4, -0.2) is 9.55 Å². The molecule has 0 aromatic carbocycles. The van der Waals surface area contributed by atoms with Gasteiger partial charge in [0.05, 0.1) is 0 Å². The Labute approximate surface area is 105 Å². The topological polar surface area (TPSA) is 20.7 Å².